The molecule has 0 spiro atoms. The Morgan fingerprint density at radius 3 is 2.32 bits per heavy atom. The third-order valence-electron chi connectivity index (χ3n) is 6.44. The molecule has 178 valence electrons. The van der Waals surface area contributed by atoms with E-state index in [0.717, 1.165) is 49.2 Å². The van der Waals surface area contributed by atoms with Crippen LogP contribution in [0.4, 0.5) is 0 Å². The highest BCUT2D eigenvalue weighted by atomic mass is 79.9. The van der Waals surface area contributed by atoms with Crippen LogP contribution in [0.5, 0.6) is 0 Å². The molecule has 0 aromatic heterocycles. The fourth-order valence-electron chi connectivity index (χ4n) is 4.92. The molecule has 2 unspecified atom stereocenters. The van der Waals surface area contributed by atoms with Crippen molar-refractivity contribution in [1.29, 1.82) is 0 Å². The van der Waals surface area contributed by atoms with E-state index in [1.807, 2.05) is 79.7 Å². The molecule has 3 aromatic rings. The Hall–Kier alpha value is -2.41. The van der Waals surface area contributed by atoms with Crippen LogP contribution >= 0.6 is 15.9 Å². The lowest BCUT2D eigenvalue weighted by Crippen LogP contribution is -2.52. The van der Waals surface area contributed by atoms with E-state index in [2.05, 4.69) is 33.2 Å². The first-order valence-corrected chi connectivity index (χ1v) is 14.0. The second kappa shape index (κ2) is 10.1. The molecule has 1 aliphatic heterocycles. The third-order valence-corrected chi connectivity index (χ3v) is 9.39. The minimum absolute atomic E-state index is 0.106. The second-order valence-electron chi connectivity index (χ2n) is 9.10. The van der Waals surface area contributed by atoms with E-state index in [-0.39, 0.29) is 5.91 Å². The monoisotopic (exact) mass is 538 g/mol. The number of nitrogens with zero attached hydrogens (tertiary/aromatic N) is 1. The zero-order valence-electron chi connectivity index (χ0n) is 19.9. The lowest BCUT2D eigenvalue weighted by Gasteiger charge is -2.38. The number of carbonyl (C=O) groups is 1. The molecular weight excluding hydrogens is 508 g/mol. The smallest absolute Gasteiger partial charge is 0.238 e. The van der Waals surface area contributed by atoms with Gasteiger partial charge in [-0.1, -0.05) is 70.0 Å². The van der Waals surface area contributed by atoms with Gasteiger partial charge in [-0.3, -0.25) is 4.79 Å². The Morgan fingerprint density at radius 1 is 1.06 bits per heavy atom. The first-order chi connectivity index (χ1) is 16.2. The van der Waals surface area contributed by atoms with Gasteiger partial charge in [-0.25, -0.2) is 8.51 Å². The SMILES string of the molecule is C=S(=O)(c1c(C)cc(C)cc1C)N1Cc2ccccc2CC1C(=O)NCCc1ccc(Br)cc1. The number of fused-ring (bicyclic) bond motifs is 1. The minimum Gasteiger partial charge on any atom is -0.354 e. The molecular formula is C28H31BrN2O2S. The fourth-order valence-corrected chi connectivity index (χ4v) is 7.47. The van der Waals surface area contributed by atoms with E-state index in [1.165, 1.54) is 0 Å². The van der Waals surface area contributed by atoms with Gasteiger partial charge >= 0.3 is 0 Å². The van der Waals surface area contributed by atoms with Gasteiger partial charge in [0.15, 0.2) is 0 Å². The van der Waals surface area contributed by atoms with Gasteiger partial charge in [0.05, 0.1) is 14.6 Å². The normalized spacial score (nSPS) is 17.6. The van der Waals surface area contributed by atoms with E-state index >= 15 is 0 Å². The van der Waals surface area contributed by atoms with Crippen LogP contribution in [0.15, 0.2) is 70.0 Å². The van der Waals surface area contributed by atoms with Crippen LogP contribution in [0.3, 0.4) is 0 Å². The summed E-state index contributed by atoms with van der Waals surface area (Å²) in [5, 5.41) is 3.09. The lowest BCUT2D eigenvalue weighted by atomic mass is 9.95. The summed E-state index contributed by atoms with van der Waals surface area (Å²) >= 11 is 3.45. The summed E-state index contributed by atoms with van der Waals surface area (Å²) < 4.78 is 17.2. The molecule has 6 heteroatoms. The van der Waals surface area contributed by atoms with Crippen molar-refractivity contribution < 1.29 is 9.00 Å². The number of rotatable bonds is 6. The fraction of sp³-hybridized carbons (Fsp3) is 0.286. The van der Waals surface area contributed by atoms with Crippen LogP contribution in [0.1, 0.15) is 33.4 Å². The maximum Gasteiger partial charge on any atom is 0.238 e. The molecule has 0 bridgehead atoms. The van der Waals surface area contributed by atoms with Gasteiger partial charge in [0.2, 0.25) is 5.91 Å². The number of aryl methyl sites for hydroxylation is 3. The summed E-state index contributed by atoms with van der Waals surface area (Å²) in [5.74, 6) is 4.12. The summed E-state index contributed by atoms with van der Waals surface area (Å²) in [7, 11) is -2.89. The molecule has 0 aliphatic carbocycles. The molecule has 2 atom stereocenters. The summed E-state index contributed by atoms with van der Waals surface area (Å²) in [6.45, 7) is 6.94. The van der Waals surface area contributed by atoms with E-state index in [0.29, 0.717) is 19.5 Å². The van der Waals surface area contributed by atoms with E-state index < -0.39 is 15.7 Å². The molecule has 1 amide bonds. The zero-order chi connectivity index (χ0) is 24.5. The van der Waals surface area contributed by atoms with Crippen LogP contribution in [0.25, 0.3) is 0 Å². The molecule has 1 aliphatic rings. The number of benzene rings is 3. The topological polar surface area (TPSA) is 49.4 Å². The Labute approximate surface area is 211 Å². The molecule has 0 radical (unpaired) electrons. The maximum atomic E-state index is 14.4. The quantitative estimate of drug-likeness (QED) is 0.441. The number of nitrogens with one attached hydrogen (secondary N) is 1. The number of hydrogen-bond acceptors (Lipinski definition) is 2. The Kier molecular flexibility index (Phi) is 7.31. The molecule has 0 saturated heterocycles. The van der Waals surface area contributed by atoms with Crippen LogP contribution in [-0.4, -0.2) is 32.9 Å². The van der Waals surface area contributed by atoms with Gasteiger partial charge in [-0.15, -0.1) is 0 Å². The average Bonchev–Trinajstić information content (AvgIpc) is 2.78. The van der Waals surface area contributed by atoms with Crippen LogP contribution in [-0.2, 0) is 33.9 Å². The molecule has 3 aromatic carbocycles. The summed E-state index contributed by atoms with van der Waals surface area (Å²) in [6.07, 6.45) is 1.25. The summed E-state index contributed by atoms with van der Waals surface area (Å²) in [5.41, 5.74) is 6.40. The highest BCUT2D eigenvalue weighted by molar-refractivity contribution is 9.10. The Bertz CT molecular complexity index is 1290. The Morgan fingerprint density at radius 2 is 1.68 bits per heavy atom. The number of amides is 1. The van der Waals surface area contributed by atoms with E-state index in [4.69, 9.17) is 0 Å². The van der Waals surface area contributed by atoms with Crippen molar-refractivity contribution in [3.63, 3.8) is 0 Å². The van der Waals surface area contributed by atoms with E-state index in [9.17, 15) is 9.00 Å². The van der Waals surface area contributed by atoms with Crippen molar-refractivity contribution in [2.24, 2.45) is 0 Å². The van der Waals surface area contributed by atoms with Crippen LogP contribution in [0, 0.1) is 20.8 Å². The average molecular weight is 540 g/mol. The second-order valence-corrected chi connectivity index (χ2v) is 12.2. The molecule has 34 heavy (non-hydrogen) atoms. The van der Waals surface area contributed by atoms with Crippen molar-refractivity contribution in [3.05, 3.63) is 98.5 Å². The van der Waals surface area contributed by atoms with Gasteiger partial charge in [0.25, 0.3) is 0 Å². The largest absolute Gasteiger partial charge is 0.354 e. The molecule has 4 rings (SSSR count). The summed E-state index contributed by atoms with van der Waals surface area (Å²) in [6, 6.07) is 19.7. The number of hydrogen-bond donors (Lipinski definition) is 1. The number of carbonyl (C=O) groups excluding carboxylic acids is 1. The van der Waals surface area contributed by atoms with Crippen molar-refractivity contribution in [2.45, 2.75) is 51.1 Å². The Balaban J connectivity index is 1.62. The van der Waals surface area contributed by atoms with Crippen LogP contribution in [0.2, 0.25) is 0 Å². The van der Waals surface area contributed by atoms with Crippen molar-refractivity contribution in [1.82, 2.24) is 9.62 Å². The molecule has 0 saturated carbocycles. The first kappa shape index (κ1) is 24.7. The molecule has 4 nitrogen and oxygen atoms in total. The third kappa shape index (κ3) is 5.14. The lowest BCUT2D eigenvalue weighted by molar-refractivity contribution is -0.125. The van der Waals surface area contributed by atoms with Crippen molar-refractivity contribution in [3.8, 4) is 0 Å². The highest BCUT2D eigenvalue weighted by Gasteiger charge is 2.37. The van der Waals surface area contributed by atoms with Gasteiger partial charge in [-0.2, -0.15) is 0 Å². The van der Waals surface area contributed by atoms with Gasteiger partial charge in [-0.05, 0) is 79.4 Å². The molecule has 1 heterocycles. The van der Waals surface area contributed by atoms with Gasteiger partial charge in [0, 0.05) is 17.6 Å². The first-order valence-electron chi connectivity index (χ1n) is 11.5. The van der Waals surface area contributed by atoms with Gasteiger partial charge in [0.1, 0.15) is 6.04 Å². The molecule has 1 N–H and O–H groups in total. The van der Waals surface area contributed by atoms with Crippen molar-refractivity contribution >= 4 is 37.4 Å². The predicted octanol–water partition coefficient (Wildman–Crippen LogP) is 5.15. The maximum absolute atomic E-state index is 14.4. The van der Waals surface area contributed by atoms with E-state index in [1.54, 1.807) is 0 Å². The minimum atomic E-state index is -2.89. The van der Waals surface area contributed by atoms with Gasteiger partial charge < -0.3 is 5.32 Å². The number of halogens is 1. The molecule has 0 fully saturated rings. The highest BCUT2D eigenvalue weighted by Crippen LogP contribution is 2.32. The summed E-state index contributed by atoms with van der Waals surface area (Å²) in [4.78, 5) is 14.2. The predicted molar refractivity (Wildman–Crippen MR) is 145 cm³/mol. The standard InChI is InChI=1S/C28H31BrN2O2S/c1-19-15-20(2)27(21(3)16-19)34(4,33)31-18-24-8-6-5-7-23(24)17-26(31)28(32)30-14-13-22-9-11-25(29)12-10-22/h5-12,15-16,26H,4,13-14,17-18H2,1-3H3,(H,30,32). The zero-order valence-corrected chi connectivity index (χ0v) is 22.3. The van der Waals surface area contributed by atoms with Crippen molar-refractivity contribution in [2.75, 3.05) is 6.54 Å². The van der Waals surface area contributed by atoms with Crippen LogP contribution < -0.4 is 5.32 Å².